The van der Waals surface area contributed by atoms with Crippen LogP contribution < -0.4 is 15.0 Å². The molecule has 6 heteroatoms. The maximum absolute atomic E-state index is 12.6. The zero-order valence-electron chi connectivity index (χ0n) is 16.8. The van der Waals surface area contributed by atoms with Gasteiger partial charge in [0.05, 0.1) is 11.1 Å². The number of nitrogens with zero attached hydrogens (tertiary/aromatic N) is 2. The topological polar surface area (TPSA) is 67.6 Å². The van der Waals surface area contributed by atoms with Gasteiger partial charge in [-0.05, 0) is 50.1 Å². The molecule has 6 nitrogen and oxygen atoms in total. The third-order valence-corrected chi connectivity index (χ3v) is 5.15. The Morgan fingerprint density at radius 2 is 2.07 bits per heavy atom. The lowest BCUT2D eigenvalue weighted by molar-refractivity contribution is 0.0942. The summed E-state index contributed by atoms with van der Waals surface area (Å²) in [7, 11) is 0. The van der Waals surface area contributed by atoms with Crippen LogP contribution in [-0.2, 0) is 6.61 Å². The SMILES string of the molecule is CCN(CCCNC(=O)c1noc2c1COc1ccccc1-2)c1cccc(C)c1. The van der Waals surface area contributed by atoms with Gasteiger partial charge in [-0.3, -0.25) is 4.79 Å². The van der Waals surface area contributed by atoms with Gasteiger partial charge < -0.3 is 19.5 Å². The number of aryl methyl sites for hydroxylation is 1. The Morgan fingerprint density at radius 3 is 2.90 bits per heavy atom. The molecule has 1 amide bonds. The van der Waals surface area contributed by atoms with E-state index in [-0.39, 0.29) is 12.5 Å². The Hall–Kier alpha value is -3.28. The van der Waals surface area contributed by atoms with Gasteiger partial charge in [0.2, 0.25) is 0 Å². The zero-order chi connectivity index (χ0) is 20.2. The summed E-state index contributed by atoms with van der Waals surface area (Å²) in [6.45, 7) is 6.88. The number of hydrogen-bond donors (Lipinski definition) is 1. The summed E-state index contributed by atoms with van der Waals surface area (Å²) in [5, 5.41) is 6.96. The first kappa shape index (κ1) is 19.1. The standard InChI is InChI=1S/C23H25N3O3/c1-3-26(17-9-6-8-16(2)14-17)13-7-12-24-23(27)21-19-15-28-20-11-5-4-10-18(20)22(19)29-25-21/h4-6,8-11,14H,3,7,12-13,15H2,1-2H3,(H,24,27). The molecule has 29 heavy (non-hydrogen) atoms. The fourth-order valence-electron chi connectivity index (χ4n) is 3.61. The summed E-state index contributed by atoms with van der Waals surface area (Å²) in [4.78, 5) is 14.9. The second-order valence-electron chi connectivity index (χ2n) is 7.15. The lowest BCUT2D eigenvalue weighted by Crippen LogP contribution is -2.30. The Morgan fingerprint density at radius 1 is 1.21 bits per heavy atom. The van der Waals surface area contributed by atoms with E-state index in [9.17, 15) is 4.79 Å². The first-order valence-corrected chi connectivity index (χ1v) is 9.98. The van der Waals surface area contributed by atoms with Crippen molar-refractivity contribution in [1.82, 2.24) is 10.5 Å². The van der Waals surface area contributed by atoms with Crippen LogP contribution in [0.2, 0.25) is 0 Å². The van der Waals surface area contributed by atoms with E-state index in [4.69, 9.17) is 9.26 Å². The van der Waals surface area contributed by atoms with Gasteiger partial charge in [-0.2, -0.15) is 0 Å². The molecule has 3 aromatic rings. The highest BCUT2D eigenvalue weighted by molar-refractivity contribution is 5.95. The van der Waals surface area contributed by atoms with E-state index in [2.05, 4.69) is 53.5 Å². The van der Waals surface area contributed by atoms with Crippen molar-refractivity contribution in [2.75, 3.05) is 24.5 Å². The van der Waals surface area contributed by atoms with Gasteiger partial charge in [0.15, 0.2) is 11.5 Å². The van der Waals surface area contributed by atoms with Gasteiger partial charge in [0, 0.05) is 25.3 Å². The number of ether oxygens (including phenoxy) is 1. The normalized spacial score (nSPS) is 11.9. The van der Waals surface area contributed by atoms with Crippen molar-refractivity contribution in [3.8, 4) is 17.1 Å². The van der Waals surface area contributed by atoms with Crippen LogP contribution in [0.15, 0.2) is 53.1 Å². The molecular formula is C23H25N3O3. The Kier molecular flexibility index (Phi) is 5.51. The fourth-order valence-corrected chi connectivity index (χ4v) is 3.61. The first-order valence-electron chi connectivity index (χ1n) is 9.98. The molecule has 0 aliphatic carbocycles. The molecule has 4 rings (SSSR count). The second-order valence-corrected chi connectivity index (χ2v) is 7.15. The van der Waals surface area contributed by atoms with Crippen LogP contribution in [0.5, 0.6) is 5.75 Å². The van der Waals surface area contributed by atoms with Crippen molar-refractivity contribution >= 4 is 11.6 Å². The van der Waals surface area contributed by atoms with E-state index in [0.717, 1.165) is 30.8 Å². The van der Waals surface area contributed by atoms with Crippen molar-refractivity contribution in [2.45, 2.75) is 26.9 Å². The summed E-state index contributed by atoms with van der Waals surface area (Å²) in [5.74, 6) is 1.14. The molecule has 0 radical (unpaired) electrons. The predicted octanol–water partition coefficient (Wildman–Crippen LogP) is 4.19. The molecule has 0 spiro atoms. The third-order valence-electron chi connectivity index (χ3n) is 5.15. The Balaban J connectivity index is 1.35. The summed E-state index contributed by atoms with van der Waals surface area (Å²) in [6.07, 6.45) is 0.840. The molecule has 2 aromatic carbocycles. The van der Waals surface area contributed by atoms with E-state index < -0.39 is 0 Å². The average Bonchev–Trinajstić information content (AvgIpc) is 3.18. The number of hydrogen-bond acceptors (Lipinski definition) is 5. The predicted molar refractivity (Wildman–Crippen MR) is 112 cm³/mol. The first-order chi connectivity index (χ1) is 14.2. The van der Waals surface area contributed by atoms with Crippen LogP contribution in [0.1, 0.15) is 35.0 Å². The molecule has 0 atom stereocenters. The van der Waals surface area contributed by atoms with Crippen LogP contribution in [0.4, 0.5) is 5.69 Å². The molecule has 0 bridgehead atoms. The van der Waals surface area contributed by atoms with Crippen molar-refractivity contribution < 1.29 is 14.1 Å². The number of amides is 1. The minimum atomic E-state index is -0.225. The number of para-hydroxylation sites is 1. The molecule has 0 saturated carbocycles. The summed E-state index contributed by atoms with van der Waals surface area (Å²) >= 11 is 0. The maximum atomic E-state index is 12.6. The van der Waals surface area contributed by atoms with Gasteiger partial charge in [0.25, 0.3) is 5.91 Å². The lowest BCUT2D eigenvalue weighted by atomic mass is 10.0. The number of anilines is 1. The summed E-state index contributed by atoms with van der Waals surface area (Å²) in [5.41, 5.74) is 4.29. The molecule has 0 unspecified atom stereocenters. The molecule has 1 aliphatic rings. The number of rotatable bonds is 7. The molecule has 1 aromatic heterocycles. The molecule has 150 valence electrons. The van der Waals surface area contributed by atoms with Crippen LogP contribution in [0, 0.1) is 6.92 Å². The number of carbonyl (C=O) groups excluding carboxylic acids is 1. The van der Waals surface area contributed by atoms with Crippen molar-refractivity contribution in [1.29, 1.82) is 0 Å². The molecule has 2 heterocycles. The van der Waals surface area contributed by atoms with Gasteiger partial charge >= 0.3 is 0 Å². The molecule has 0 fully saturated rings. The number of nitrogens with one attached hydrogen (secondary N) is 1. The van der Waals surface area contributed by atoms with Gasteiger partial charge in [-0.25, -0.2) is 0 Å². The maximum Gasteiger partial charge on any atom is 0.273 e. The number of fused-ring (bicyclic) bond motifs is 3. The largest absolute Gasteiger partial charge is 0.488 e. The van der Waals surface area contributed by atoms with Crippen LogP contribution in [0.3, 0.4) is 0 Å². The van der Waals surface area contributed by atoms with E-state index in [1.807, 2.05) is 24.3 Å². The minimum absolute atomic E-state index is 0.225. The van der Waals surface area contributed by atoms with Gasteiger partial charge in [-0.15, -0.1) is 0 Å². The van der Waals surface area contributed by atoms with Crippen molar-refractivity contribution in [3.63, 3.8) is 0 Å². The van der Waals surface area contributed by atoms with E-state index in [1.54, 1.807) is 0 Å². The monoisotopic (exact) mass is 391 g/mol. The van der Waals surface area contributed by atoms with Gasteiger partial charge in [-0.1, -0.05) is 29.4 Å². The Labute approximate surface area is 170 Å². The molecular weight excluding hydrogens is 366 g/mol. The summed E-state index contributed by atoms with van der Waals surface area (Å²) < 4.78 is 11.2. The quantitative estimate of drug-likeness (QED) is 0.612. The lowest BCUT2D eigenvalue weighted by Gasteiger charge is -2.23. The Bertz CT molecular complexity index is 1010. The highest BCUT2D eigenvalue weighted by Crippen LogP contribution is 2.38. The molecule has 0 saturated heterocycles. The van der Waals surface area contributed by atoms with E-state index >= 15 is 0 Å². The van der Waals surface area contributed by atoms with Gasteiger partial charge in [0.1, 0.15) is 12.4 Å². The minimum Gasteiger partial charge on any atom is -0.488 e. The fraction of sp³-hybridized carbons (Fsp3) is 0.304. The molecule has 1 aliphatic heterocycles. The smallest absolute Gasteiger partial charge is 0.273 e. The van der Waals surface area contributed by atoms with Crippen LogP contribution in [0.25, 0.3) is 11.3 Å². The van der Waals surface area contributed by atoms with E-state index in [0.29, 0.717) is 23.6 Å². The number of benzene rings is 2. The third kappa shape index (κ3) is 3.97. The molecule has 1 N–H and O–H groups in total. The second kappa shape index (κ2) is 8.39. The van der Waals surface area contributed by atoms with Crippen molar-refractivity contribution in [2.24, 2.45) is 0 Å². The summed E-state index contributed by atoms with van der Waals surface area (Å²) in [6, 6.07) is 16.1. The number of carbonyl (C=O) groups is 1. The highest BCUT2D eigenvalue weighted by Gasteiger charge is 2.28. The average molecular weight is 391 g/mol. The van der Waals surface area contributed by atoms with Crippen molar-refractivity contribution in [3.05, 3.63) is 65.4 Å². The highest BCUT2D eigenvalue weighted by atomic mass is 16.5. The van der Waals surface area contributed by atoms with E-state index in [1.165, 1.54) is 11.3 Å². The van der Waals surface area contributed by atoms with Crippen LogP contribution >= 0.6 is 0 Å². The van der Waals surface area contributed by atoms with Crippen LogP contribution in [-0.4, -0.2) is 30.7 Å². The zero-order valence-corrected chi connectivity index (χ0v) is 16.8. The number of aromatic nitrogens is 1.